The first-order chi connectivity index (χ1) is 10.6. The molecule has 0 saturated heterocycles. The molecule has 0 bridgehead atoms. The van der Waals surface area contributed by atoms with Crippen LogP contribution in [0.15, 0.2) is 54.3 Å². The van der Waals surface area contributed by atoms with E-state index in [1.54, 1.807) is 37.4 Å². The number of amides is 1. The average Bonchev–Trinajstić information content (AvgIpc) is 2.53. The SMILES string of the molecule is CN1C(=O)/C(=C/c2ccc([N+](=O)[O-])cc2)Oc2ccccc21. The van der Waals surface area contributed by atoms with Gasteiger partial charge in [-0.1, -0.05) is 12.1 Å². The van der Waals surface area contributed by atoms with E-state index in [1.807, 2.05) is 12.1 Å². The van der Waals surface area contributed by atoms with E-state index in [-0.39, 0.29) is 17.4 Å². The van der Waals surface area contributed by atoms with Crippen LogP contribution in [0.25, 0.3) is 6.08 Å². The predicted molar refractivity (Wildman–Crippen MR) is 81.6 cm³/mol. The quantitative estimate of drug-likeness (QED) is 0.485. The molecule has 0 aliphatic carbocycles. The lowest BCUT2D eigenvalue weighted by molar-refractivity contribution is -0.384. The summed E-state index contributed by atoms with van der Waals surface area (Å²) in [6.45, 7) is 0. The Kier molecular flexibility index (Phi) is 3.34. The summed E-state index contributed by atoms with van der Waals surface area (Å²) >= 11 is 0. The van der Waals surface area contributed by atoms with Crippen molar-refractivity contribution in [1.29, 1.82) is 0 Å². The molecule has 1 aliphatic rings. The predicted octanol–water partition coefficient (Wildman–Crippen LogP) is 2.99. The van der Waals surface area contributed by atoms with E-state index in [9.17, 15) is 14.9 Å². The Morgan fingerprint density at radius 1 is 1.14 bits per heavy atom. The number of para-hydroxylation sites is 2. The van der Waals surface area contributed by atoms with Crippen molar-refractivity contribution in [3.8, 4) is 5.75 Å². The van der Waals surface area contributed by atoms with Crippen LogP contribution in [0.1, 0.15) is 5.56 Å². The second kappa shape index (κ2) is 5.33. The summed E-state index contributed by atoms with van der Waals surface area (Å²) in [5.41, 5.74) is 1.36. The molecule has 6 heteroatoms. The van der Waals surface area contributed by atoms with Gasteiger partial charge in [0.15, 0.2) is 11.5 Å². The van der Waals surface area contributed by atoms with E-state index in [1.165, 1.54) is 17.0 Å². The van der Waals surface area contributed by atoms with Crippen LogP contribution in [0.4, 0.5) is 11.4 Å². The molecule has 0 atom stereocenters. The van der Waals surface area contributed by atoms with Crippen molar-refractivity contribution >= 4 is 23.4 Å². The number of benzene rings is 2. The first-order valence-electron chi connectivity index (χ1n) is 6.57. The number of carbonyl (C=O) groups excluding carboxylic acids is 1. The van der Waals surface area contributed by atoms with Gasteiger partial charge < -0.3 is 9.64 Å². The van der Waals surface area contributed by atoms with Crippen LogP contribution in [0.2, 0.25) is 0 Å². The molecular formula is C16H12N2O4. The van der Waals surface area contributed by atoms with Crippen molar-refractivity contribution in [3.05, 3.63) is 70.0 Å². The Bertz CT molecular complexity index is 781. The molecule has 0 radical (unpaired) electrons. The molecule has 1 heterocycles. The molecule has 0 N–H and O–H groups in total. The number of nitrogens with zero attached hydrogens (tertiary/aromatic N) is 2. The van der Waals surface area contributed by atoms with Crippen LogP contribution in [0, 0.1) is 10.1 Å². The summed E-state index contributed by atoms with van der Waals surface area (Å²) in [6, 6.07) is 13.2. The molecule has 3 rings (SSSR count). The normalized spacial score (nSPS) is 15.4. The van der Waals surface area contributed by atoms with Gasteiger partial charge in [0, 0.05) is 19.2 Å². The number of carbonyl (C=O) groups is 1. The number of anilines is 1. The number of rotatable bonds is 2. The van der Waals surface area contributed by atoms with Gasteiger partial charge in [0.1, 0.15) is 0 Å². The van der Waals surface area contributed by atoms with Crippen molar-refractivity contribution in [2.24, 2.45) is 0 Å². The smallest absolute Gasteiger partial charge is 0.293 e. The van der Waals surface area contributed by atoms with E-state index >= 15 is 0 Å². The zero-order chi connectivity index (χ0) is 15.7. The van der Waals surface area contributed by atoms with Crippen molar-refractivity contribution in [1.82, 2.24) is 0 Å². The number of nitro groups is 1. The van der Waals surface area contributed by atoms with E-state index in [0.29, 0.717) is 17.0 Å². The van der Waals surface area contributed by atoms with Gasteiger partial charge in [-0.2, -0.15) is 0 Å². The molecule has 0 aromatic heterocycles. The third-order valence-electron chi connectivity index (χ3n) is 3.36. The van der Waals surface area contributed by atoms with E-state index in [0.717, 1.165) is 0 Å². The third-order valence-corrected chi connectivity index (χ3v) is 3.36. The minimum atomic E-state index is -0.469. The number of hydrogen-bond donors (Lipinski definition) is 0. The highest BCUT2D eigenvalue weighted by molar-refractivity contribution is 6.09. The fourth-order valence-corrected chi connectivity index (χ4v) is 2.19. The maximum absolute atomic E-state index is 12.3. The van der Waals surface area contributed by atoms with Gasteiger partial charge in [-0.15, -0.1) is 0 Å². The van der Waals surface area contributed by atoms with Gasteiger partial charge in [0.25, 0.3) is 11.6 Å². The highest BCUT2D eigenvalue weighted by Crippen LogP contribution is 2.34. The summed E-state index contributed by atoms with van der Waals surface area (Å²) in [6.07, 6.45) is 1.57. The summed E-state index contributed by atoms with van der Waals surface area (Å²) in [5, 5.41) is 10.6. The average molecular weight is 296 g/mol. The molecule has 2 aromatic rings. The number of likely N-dealkylation sites (N-methyl/N-ethyl adjacent to an activating group) is 1. The Balaban J connectivity index is 1.95. The van der Waals surface area contributed by atoms with Gasteiger partial charge in [0.05, 0.1) is 10.6 Å². The van der Waals surface area contributed by atoms with Gasteiger partial charge in [0.2, 0.25) is 0 Å². The number of non-ortho nitro benzene ring substituents is 1. The number of ether oxygens (including phenoxy) is 1. The van der Waals surface area contributed by atoms with Gasteiger partial charge in [-0.25, -0.2) is 0 Å². The van der Waals surface area contributed by atoms with E-state index in [4.69, 9.17) is 4.74 Å². The minimum Gasteiger partial charge on any atom is -0.449 e. The maximum Gasteiger partial charge on any atom is 0.293 e. The molecule has 6 nitrogen and oxygen atoms in total. The summed E-state index contributed by atoms with van der Waals surface area (Å²) in [4.78, 5) is 24.0. The van der Waals surface area contributed by atoms with E-state index in [2.05, 4.69) is 0 Å². The van der Waals surface area contributed by atoms with Crippen LogP contribution in [0.5, 0.6) is 5.75 Å². The van der Waals surface area contributed by atoms with Crippen LogP contribution < -0.4 is 9.64 Å². The Labute approximate surface area is 126 Å². The molecular weight excluding hydrogens is 284 g/mol. The standard InChI is InChI=1S/C16H12N2O4/c1-17-13-4-2-3-5-14(13)22-15(16(17)19)10-11-6-8-12(9-7-11)18(20)21/h2-10H,1H3/b15-10-. The van der Waals surface area contributed by atoms with Gasteiger partial charge >= 0.3 is 0 Å². The zero-order valence-electron chi connectivity index (χ0n) is 11.7. The zero-order valence-corrected chi connectivity index (χ0v) is 11.7. The number of nitro benzene ring substituents is 1. The van der Waals surface area contributed by atoms with E-state index < -0.39 is 4.92 Å². The van der Waals surface area contributed by atoms with Crippen molar-refractivity contribution in [3.63, 3.8) is 0 Å². The third kappa shape index (κ3) is 2.42. The first kappa shape index (κ1) is 13.8. The Hall–Kier alpha value is -3.15. The maximum atomic E-state index is 12.3. The van der Waals surface area contributed by atoms with Crippen LogP contribution in [-0.2, 0) is 4.79 Å². The number of hydrogen-bond acceptors (Lipinski definition) is 4. The first-order valence-corrected chi connectivity index (χ1v) is 6.57. The molecule has 1 aliphatic heterocycles. The minimum absolute atomic E-state index is 0.000466. The highest BCUT2D eigenvalue weighted by atomic mass is 16.6. The number of fused-ring (bicyclic) bond motifs is 1. The monoisotopic (exact) mass is 296 g/mol. The molecule has 22 heavy (non-hydrogen) atoms. The van der Waals surface area contributed by atoms with Crippen LogP contribution >= 0.6 is 0 Å². The lowest BCUT2D eigenvalue weighted by Gasteiger charge is -2.27. The fraction of sp³-hybridized carbons (Fsp3) is 0.0625. The lowest BCUT2D eigenvalue weighted by atomic mass is 10.1. The summed E-state index contributed by atoms with van der Waals surface area (Å²) < 4.78 is 5.63. The molecule has 0 saturated carbocycles. The Morgan fingerprint density at radius 2 is 1.82 bits per heavy atom. The van der Waals surface area contributed by atoms with Crippen LogP contribution in [0.3, 0.4) is 0 Å². The van der Waals surface area contributed by atoms with Gasteiger partial charge in [-0.05, 0) is 35.9 Å². The van der Waals surface area contributed by atoms with Crippen molar-refractivity contribution < 1.29 is 14.5 Å². The largest absolute Gasteiger partial charge is 0.449 e. The summed E-state index contributed by atoms with van der Waals surface area (Å²) in [7, 11) is 1.67. The molecule has 0 unspecified atom stereocenters. The molecule has 0 fully saturated rings. The molecule has 1 amide bonds. The van der Waals surface area contributed by atoms with Crippen molar-refractivity contribution in [2.45, 2.75) is 0 Å². The highest BCUT2D eigenvalue weighted by Gasteiger charge is 2.27. The second-order valence-electron chi connectivity index (χ2n) is 4.79. The Morgan fingerprint density at radius 3 is 2.50 bits per heavy atom. The van der Waals surface area contributed by atoms with Gasteiger partial charge in [-0.3, -0.25) is 14.9 Å². The molecule has 110 valence electrons. The molecule has 0 spiro atoms. The fourth-order valence-electron chi connectivity index (χ4n) is 2.19. The topological polar surface area (TPSA) is 72.7 Å². The molecule has 2 aromatic carbocycles. The van der Waals surface area contributed by atoms with Crippen LogP contribution in [-0.4, -0.2) is 17.9 Å². The van der Waals surface area contributed by atoms with Crippen molar-refractivity contribution in [2.75, 3.05) is 11.9 Å². The summed E-state index contributed by atoms with van der Waals surface area (Å²) in [5.74, 6) is 0.505. The lowest BCUT2D eigenvalue weighted by Crippen LogP contribution is -2.33. The second-order valence-corrected chi connectivity index (χ2v) is 4.79.